The lowest BCUT2D eigenvalue weighted by molar-refractivity contribution is -0.117. The van der Waals surface area contributed by atoms with Gasteiger partial charge in [0.1, 0.15) is 0 Å². The summed E-state index contributed by atoms with van der Waals surface area (Å²) in [7, 11) is 0. The molecule has 2 aliphatic carbocycles. The monoisotopic (exact) mass is 205 g/mol. The van der Waals surface area contributed by atoms with E-state index in [0.717, 1.165) is 12.3 Å². The summed E-state index contributed by atoms with van der Waals surface area (Å²) in [5.74, 6) is 1.05. The molecule has 0 aromatic rings. The van der Waals surface area contributed by atoms with Crippen molar-refractivity contribution in [3.63, 3.8) is 0 Å². The second kappa shape index (κ2) is 4.65. The zero-order chi connectivity index (χ0) is 10.7. The van der Waals surface area contributed by atoms with Crippen LogP contribution in [0.4, 0.5) is 0 Å². The number of hydrogen-bond acceptors (Lipinski definition) is 1. The highest BCUT2D eigenvalue weighted by atomic mass is 16.1. The van der Waals surface area contributed by atoms with Crippen LogP contribution >= 0.6 is 0 Å². The van der Waals surface area contributed by atoms with Crippen molar-refractivity contribution in [1.82, 2.24) is 0 Å². The second-order valence-electron chi connectivity index (χ2n) is 4.64. The molecule has 2 unspecified atom stereocenters. The van der Waals surface area contributed by atoms with Crippen molar-refractivity contribution in [2.24, 2.45) is 17.6 Å². The topological polar surface area (TPSA) is 43.1 Å². The molecule has 2 atom stereocenters. The van der Waals surface area contributed by atoms with E-state index in [2.05, 4.69) is 18.2 Å². The van der Waals surface area contributed by atoms with E-state index in [0.29, 0.717) is 12.3 Å². The third-order valence-electron chi connectivity index (χ3n) is 3.55. The van der Waals surface area contributed by atoms with Crippen LogP contribution < -0.4 is 5.73 Å². The first kappa shape index (κ1) is 10.5. The fraction of sp³-hybridized carbons (Fsp3) is 0.615. The Hall–Kier alpha value is -1.05. The number of nitrogens with two attached hydrogens (primary N) is 1. The fourth-order valence-electron chi connectivity index (χ4n) is 2.83. The number of carbonyl (C=O) groups excluding carboxylic acids is 1. The molecule has 2 aliphatic rings. The number of allylic oxidation sites excluding steroid dienone is 3. The summed E-state index contributed by atoms with van der Waals surface area (Å²) in [6.07, 6.45) is 13.4. The highest BCUT2D eigenvalue weighted by Crippen LogP contribution is 2.37. The summed E-state index contributed by atoms with van der Waals surface area (Å²) < 4.78 is 0. The highest BCUT2D eigenvalue weighted by Gasteiger charge is 2.26. The predicted octanol–water partition coefficient (Wildman–Crippen LogP) is 2.55. The second-order valence-corrected chi connectivity index (χ2v) is 4.64. The van der Waals surface area contributed by atoms with E-state index in [1.807, 2.05) is 0 Å². The Morgan fingerprint density at radius 1 is 1.40 bits per heavy atom. The van der Waals surface area contributed by atoms with Crippen LogP contribution in [0.25, 0.3) is 0 Å². The highest BCUT2D eigenvalue weighted by molar-refractivity contribution is 5.76. The molecule has 2 heteroatoms. The number of hydrogen-bond donors (Lipinski definition) is 1. The molecule has 0 fully saturated rings. The first-order chi connectivity index (χ1) is 7.27. The van der Waals surface area contributed by atoms with Crippen molar-refractivity contribution >= 4 is 5.91 Å². The summed E-state index contributed by atoms with van der Waals surface area (Å²) in [6, 6.07) is 0. The lowest BCUT2D eigenvalue weighted by Crippen LogP contribution is -2.21. The summed E-state index contributed by atoms with van der Waals surface area (Å²) in [6.45, 7) is 0. The zero-order valence-corrected chi connectivity index (χ0v) is 9.11. The normalized spacial score (nSPS) is 30.3. The molecule has 82 valence electrons. The van der Waals surface area contributed by atoms with Crippen molar-refractivity contribution in [3.05, 3.63) is 23.8 Å². The molecule has 0 bridgehead atoms. The average molecular weight is 205 g/mol. The average Bonchev–Trinajstić information content (AvgIpc) is 2.41. The summed E-state index contributed by atoms with van der Waals surface area (Å²) in [5.41, 5.74) is 6.56. The molecular formula is C13H19NO. The molecule has 0 saturated carbocycles. The van der Waals surface area contributed by atoms with Gasteiger partial charge in [0.2, 0.25) is 5.91 Å². The Kier molecular flexibility index (Phi) is 3.24. The molecule has 2 rings (SSSR count). The van der Waals surface area contributed by atoms with Gasteiger partial charge in [0.25, 0.3) is 0 Å². The van der Waals surface area contributed by atoms with Crippen LogP contribution in [-0.4, -0.2) is 5.91 Å². The lowest BCUT2D eigenvalue weighted by atomic mass is 9.77. The van der Waals surface area contributed by atoms with Crippen molar-refractivity contribution < 1.29 is 4.79 Å². The summed E-state index contributed by atoms with van der Waals surface area (Å²) in [5, 5.41) is 0. The van der Waals surface area contributed by atoms with Crippen LogP contribution in [0, 0.1) is 11.8 Å². The first-order valence-corrected chi connectivity index (χ1v) is 5.91. The minimum Gasteiger partial charge on any atom is -0.369 e. The predicted molar refractivity (Wildman–Crippen MR) is 61.1 cm³/mol. The largest absolute Gasteiger partial charge is 0.369 e. The molecule has 0 aliphatic heterocycles. The van der Waals surface area contributed by atoms with Gasteiger partial charge in [-0.1, -0.05) is 23.8 Å². The zero-order valence-electron chi connectivity index (χ0n) is 9.11. The van der Waals surface area contributed by atoms with Gasteiger partial charge in [-0.05, 0) is 38.0 Å². The third-order valence-corrected chi connectivity index (χ3v) is 3.55. The minimum absolute atomic E-state index is 0.194. The molecule has 1 amide bonds. The van der Waals surface area contributed by atoms with Crippen molar-refractivity contribution in [1.29, 1.82) is 0 Å². The fourth-order valence-corrected chi connectivity index (χ4v) is 2.83. The maximum atomic E-state index is 11.0. The number of rotatable bonds is 2. The van der Waals surface area contributed by atoms with E-state index in [1.165, 1.54) is 31.3 Å². The first-order valence-electron chi connectivity index (χ1n) is 5.91. The van der Waals surface area contributed by atoms with Crippen LogP contribution in [0.5, 0.6) is 0 Å². The van der Waals surface area contributed by atoms with Gasteiger partial charge in [0.05, 0.1) is 0 Å². The molecule has 0 radical (unpaired) electrons. The van der Waals surface area contributed by atoms with Crippen molar-refractivity contribution in [2.75, 3.05) is 0 Å². The van der Waals surface area contributed by atoms with Gasteiger partial charge in [0, 0.05) is 12.3 Å². The summed E-state index contributed by atoms with van der Waals surface area (Å²) in [4.78, 5) is 11.0. The van der Waals surface area contributed by atoms with Gasteiger partial charge in [-0.25, -0.2) is 0 Å². The van der Waals surface area contributed by atoms with Gasteiger partial charge in [-0.2, -0.15) is 0 Å². The number of primary amides is 1. The van der Waals surface area contributed by atoms with Crippen LogP contribution in [0.3, 0.4) is 0 Å². The molecule has 2 nitrogen and oxygen atoms in total. The van der Waals surface area contributed by atoms with E-state index >= 15 is 0 Å². The van der Waals surface area contributed by atoms with Gasteiger partial charge >= 0.3 is 0 Å². The Bertz CT molecular complexity index is 304. The van der Waals surface area contributed by atoms with E-state index in [1.54, 1.807) is 0 Å². The van der Waals surface area contributed by atoms with Gasteiger partial charge in [-0.3, -0.25) is 4.79 Å². The minimum atomic E-state index is -0.194. The molecule has 0 saturated heterocycles. The Labute approximate surface area is 91.2 Å². The van der Waals surface area contributed by atoms with E-state index in [9.17, 15) is 4.79 Å². The maximum absolute atomic E-state index is 11.0. The van der Waals surface area contributed by atoms with Gasteiger partial charge < -0.3 is 5.73 Å². The van der Waals surface area contributed by atoms with Crippen molar-refractivity contribution in [3.8, 4) is 0 Å². The summed E-state index contributed by atoms with van der Waals surface area (Å²) >= 11 is 0. The molecule has 0 aromatic heterocycles. The van der Waals surface area contributed by atoms with Gasteiger partial charge in [-0.15, -0.1) is 0 Å². The quantitative estimate of drug-likeness (QED) is 0.692. The standard InChI is InChI=1S/C13H19NO/c14-13(15)9-11-7-2-1-5-10-6-3-4-8-12(10)11/h4,7-8,10,12H,1-3,5-6,9H2,(H2,14,15). The van der Waals surface area contributed by atoms with Crippen LogP contribution in [0.1, 0.15) is 38.5 Å². The van der Waals surface area contributed by atoms with Crippen LogP contribution in [-0.2, 0) is 4.79 Å². The molecule has 2 N–H and O–H groups in total. The van der Waals surface area contributed by atoms with Crippen molar-refractivity contribution in [2.45, 2.75) is 38.5 Å². The molecule has 0 spiro atoms. The Morgan fingerprint density at radius 3 is 3.07 bits per heavy atom. The molecule has 0 aromatic carbocycles. The van der Waals surface area contributed by atoms with E-state index in [-0.39, 0.29) is 5.91 Å². The Balaban J connectivity index is 2.17. The Morgan fingerprint density at radius 2 is 2.27 bits per heavy atom. The number of carbonyl (C=O) groups is 1. The SMILES string of the molecule is NC(=O)CC1=CCCCC2CCC=CC12. The third kappa shape index (κ3) is 2.49. The number of fused-ring (bicyclic) bond motifs is 1. The number of amides is 1. The maximum Gasteiger partial charge on any atom is 0.221 e. The molecule has 0 heterocycles. The van der Waals surface area contributed by atoms with E-state index in [4.69, 9.17) is 5.73 Å². The smallest absolute Gasteiger partial charge is 0.221 e. The van der Waals surface area contributed by atoms with E-state index < -0.39 is 0 Å². The van der Waals surface area contributed by atoms with Gasteiger partial charge in [0.15, 0.2) is 0 Å². The van der Waals surface area contributed by atoms with Crippen LogP contribution in [0.15, 0.2) is 23.8 Å². The molecular weight excluding hydrogens is 186 g/mol. The van der Waals surface area contributed by atoms with Crippen LogP contribution in [0.2, 0.25) is 0 Å². The molecule has 15 heavy (non-hydrogen) atoms. The lowest BCUT2D eigenvalue weighted by Gasteiger charge is -2.27.